The third-order valence-corrected chi connectivity index (χ3v) is 7.50. The van der Waals surface area contributed by atoms with Gasteiger partial charge in [-0.3, -0.25) is 0 Å². The summed E-state index contributed by atoms with van der Waals surface area (Å²) in [6.07, 6.45) is 4.04. The van der Waals surface area contributed by atoms with E-state index in [9.17, 15) is 5.11 Å². The van der Waals surface area contributed by atoms with Gasteiger partial charge in [-0.05, 0) is 71.1 Å². The van der Waals surface area contributed by atoms with Crippen LogP contribution in [0.15, 0.2) is 35.2 Å². The fraction of sp³-hybridized carbons (Fsp3) is 0.583. The van der Waals surface area contributed by atoms with Crippen molar-refractivity contribution >= 4 is 17.3 Å². The summed E-state index contributed by atoms with van der Waals surface area (Å²) >= 11 is 1.71. The number of hydrogen-bond donors (Lipinski definition) is 1. The first-order valence-electron chi connectivity index (χ1n) is 10.2. The molecule has 0 bridgehead atoms. The Morgan fingerprint density at radius 3 is 2.33 bits per heavy atom. The highest BCUT2D eigenvalue weighted by Crippen LogP contribution is 2.46. The Bertz CT molecular complexity index is 739. The van der Waals surface area contributed by atoms with Crippen LogP contribution in [0.4, 0.5) is 0 Å². The predicted molar refractivity (Wildman–Crippen MR) is 119 cm³/mol. The summed E-state index contributed by atoms with van der Waals surface area (Å²) < 4.78 is 0. The first-order valence-corrected chi connectivity index (χ1v) is 11.1. The smallest absolute Gasteiger partial charge is 0.0676 e. The number of likely N-dealkylation sites (tertiary alicyclic amines) is 1. The number of thioether (sulfide) groups is 1. The molecule has 1 heterocycles. The number of aliphatic hydroxyl groups is 1. The first-order chi connectivity index (χ1) is 12.6. The Kier molecular flexibility index (Phi) is 5.84. The first kappa shape index (κ1) is 20.5. The molecule has 0 aromatic heterocycles. The van der Waals surface area contributed by atoms with E-state index in [2.05, 4.69) is 69.7 Å². The number of benzene rings is 1. The molecule has 2 nitrogen and oxygen atoms in total. The maximum absolute atomic E-state index is 9.68. The SMILES string of the molecule is C=C(S/C=C(\C)c1ccc2c(c1)C(C)(C)CCC2(C)C)N1CCC(O)CC1. The fourth-order valence-electron chi connectivity index (χ4n) is 4.25. The lowest BCUT2D eigenvalue weighted by molar-refractivity contribution is 0.101. The molecule has 0 unspecified atom stereocenters. The van der Waals surface area contributed by atoms with E-state index in [0.717, 1.165) is 31.0 Å². The molecule has 148 valence electrons. The maximum atomic E-state index is 9.68. The van der Waals surface area contributed by atoms with Crippen LogP contribution in [-0.2, 0) is 10.8 Å². The van der Waals surface area contributed by atoms with Crippen molar-refractivity contribution in [2.24, 2.45) is 0 Å². The van der Waals surface area contributed by atoms with Gasteiger partial charge in [0.15, 0.2) is 0 Å². The molecular formula is C24H35NOS. The van der Waals surface area contributed by atoms with Crippen molar-refractivity contribution in [2.45, 2.75) is 77.2 Å². The van der Waals surface area contributed by atoms with Crippen molar-refractivity contribution in [2.75, 3.05) is 13.1 Å². The zero-order valence-electron chi connectivity index (χ0n) is 17.6. The molecule has 1 aromatic rings. The molecule has 0 spiro atoms. The molecule has 1 aliphatic heterocycles. The molecule has 0 amide bonds. The number of rotatable bonds is 4. The second-order valence-corrected chi connectivity index (χ2v) is 10.5. The fourth-order valence-corrected chi connectivity index (χ4v) is 5.03. The van der Waals surface area contributed by atoms with E-state index < -0.39 is 0 Å². The van der Waals surface area contributed by atoms with E-state index >= 15 is 0 Å². The molecule has 1 aromatic carbocycles. The number of hydrogen-bond acceptors (Lipinski definition) is 3. The van der Waals surface area contributed by atoms with Gasteiger partial charge in [-0.2, -0.15) is 0 Å². The van der Waals surface area contributed by atoms with Gasteiger partial charge in [-0.1, -0.05) is 64.2 Å². The average Bonchev–Trinajstić information content (AvgIpc) is 2.63. The van der Waals surface area contributed by atoms with Crippen LogP contribution in [0.5, 0.6) is 0 Å². The minimum Gasteiger partial charge on any atom is -0.393 e. The monoisotopic (exact) mass is 385 g/mol. The van der Waals surface area contributed by atoms with Gasteiger partial charge >= 0.3 is 0 Å². The lowest BCUT2D eigenvalue weighted by Gasteiger charge is -2.42. The molecule has 27 heavy (non-hydrogen) atoms. The lowest BCUT2D eigenvalue weighted by atomic mass is 9.63. The number of aliphatic hydroxyl groups excluding tert-OH is 1. The number of piperidine rings is 1. The van der Waals surface area contributed by atoms with Crippen LogP contribution in [0, 0.1) is 0 Å². The van der Waals surface area contributed by atoms with Gasteiger partial charge in [-0.25, -0.2) is 0 Å². The van der Waals surface area contributed by atoms with Gasteiger partial charge in [0.25, 0.3) is 0 Å². The van der Waals surface area contributed by atoms with Crippen molar-refractivity contribution in [1.29, 1.82) is 0 Å². The minimum atomic E-state index is -0.139. The van der Waals surface area contributed by atoms with Crippen LogP contribution in [-0.4, -0.2) is 29.2 Å². The summed E-state index contributed by atoms with van der Waals surface area (Å²) in [7, 11) is 0. The normalized spacial score (nSPS) is 22.4. The summed E-state index contributed by atoms with van der Waals surface area (Å²) in [6, 6.07) is 7.06. The van der Waals surface area contributed by atoms with Crippen molar-refractivity contribution < 1.29 is 5.11 Å². The van der Waals surface area contributed by atoms with Crippen LogP contribution >= 0.6 is 11.8 Å². The Balaban J connectivity index is 1.76. The number of nitrogens with zero attached hydrogens (tertiary/aromatic N) is 1. The summed E-state index contributed by atoms with van der Waals surface area (Å²) in [5, 5.41) is 13.0. The van der Waals surface area contributed by atoms with E-state index in [-0.39, 0.29) is 16.9 Å². The van der Waals surface area contributed by atoms with E-state index in [4.69, 9.17) is 0 Å². The van der Waals surface area contributed by atoms with Gasteiger partial charge < -0.3 is 10.0 Å². The lowest BCUT2D eigenvalue weighted by Crippen LogP contribution is -2.34. The Labute approximate surface area is 169 Å². The zero-order valence-corrected chi connectivity index (χ0v) is 18.5. The van der Waals surface area contributed by atoms with Crippen LogP contribution in [0.3, 0.4) is 0 Å². The standard InChI is InChI=1S/C24H35NOS/c1-17(16-27-18(2)25-13-9-20(26)10-14-25)19-7-8-21-22(15-19)24(5,6)12-11-23(21,3)4/h7-8,15-16,20,26H,2,9-14H2,1,3-6H3/b17-16+. The highest BCUT2D eigenvalue weighted by Gasteiger charge is 2.36. The average molecular weight is 386 g/mol. The third-order valence-electron chi connectivity index (χ3n) is 6.50. The molecule has 0 radical (unpaired) electrons. The van der Waals surface area contributed by atoms with Crippen molar-refractivity contribution in [3.8, 4) is 0 Å². The molecule has 1 N–H and O–H groups in total. The minimum absolute atomic E-state index is 0.139. The second kappa shape index (κ2) is 7.67. The van der Waals surface area contributed by atoms with Gasteiger partial charge in [0.1, 0.15) is 0 Å². The zero-order chi connectivity index (χ0) is 19.8. The number of fused-ring (bicyclic) bond motifs is 1. The summed E-state index contributed by atoms with van der Waals surface area (Å²) in [4.78, 5) is 2.29. The molecule has 0 atom stereocenters. The Morgan fingerprint density at radius 2 is 1.70 bits per heavy atom. The van der Waals surface area contributed by atoms with Crippen LogP contribution in [0.25, 0.3) is 5.57 Å². The molecule has 3 heteroatoms. The largest absolute Gasteiger partial charge is 0.393 e. The quantitative estimate of drug-likeness (QED) is 0.681. The van der Waals surface area contributed by atoms with Gasteiger partial charge in [0, 0.05) is 13.1 Å². The van der Waals surface area contributed by atoms with E-state index in [1.807, 2.05) is 0 Å². The maximum Gasteiger partial charge on any atom is 0.0676 e. The molecule has 2 aliphatic rings. The summed E-state index contributed by atoms with van der Waals surface area (Å²) in [5.41, 5.74) is 6.14. The van der Waals surface area contributed by atoms with Gasteiger partial charge in [-0.15, -0.1) is 0 Å². The van der Waals surface area contributed by atoms with Crippen molar-refractivity contribution in [1.82, 2.24) is 4.90 Å². The topological polar surface area (TPSA) is 23.5 Å². The van der Waals surface area contributed by atoms with Crippen LogP contribution in [0.1, 0.15) is 77.0 Å². The molecule has 1 aliphatic carbocycles. The third kappa shape index (κ3) is 4.46. The molecule has 0 saturated carbocycles. The van der Waals surface area contributed by atoms with Crippen LogP contribution in [0.2, 0.25) is 0 Å². The highest BCUT2D eigenvalue weighted by atomic mass is 32.2. The second-order valence-electron chi connectivity index (χ2n) is 9.56. The van der Waals surface area contributed by atoms with Crippen molar-refractivity contribution in [3.63, 3.8) is 0 Å². The molecule has 1 fully saturated rings. The van der Waals surface area contributed by atoms with E-state index in [0.29, 0.717) is 0 Å². The highest BCUT2D eigenvalue weighted by molar-refractivity contribution is 8.05. The molecular weight excluding hydrogens is 350 g/mol. The summed E-state index contributed by atoms with van der Waals surface area (Å²) in [6.45, 7) is 17.8. The Morgan fingerprint density at radius 1 is 1.11 bits per heavy atom. The number of allylic oxidation sites excluding steroid dienone is 1. The predicted octanol–water partition coefficient (Wildman–Crippen LogP) is 6.06. The van der Waals surface area contributed by atoms with Gasteiger partial charge in [0.2, 0.25) is 0 Å². The van der Waals surface area contributed by atoms with E-state index in [1.54, 1.807) is 11.8 Å². The summed E-state index contributed by atoms with van der Waals surface area (Å²) in [5.74, 6) is 0. The molecule has 1 saturated heterocycles. The van der Waals surface area contributed by atoms with Crippen molar-refractivity contribution in [3.05, 3.63) is 51.9 Å². The molecule has 3 rings (SSSR count). The van der Waals surface area contributed by atoms with Crippen LogP contribution < -0.4 is 0 Å². The van der Waals surface area contributed by atoms with Gasteiger partial charge in [0.05, 0.1) is 11.1 Å². The Hall–Kier alpha value is -1.19. The van der Waals surface area contributed by atoms with E-state index in [1.165, 1.54) is 35.1 Å².